The van der Waals surface area contributed by atoms with E-state index in [9.17, 15) is 23.1 Å². The maximum atomic E-state index is 13.2. The monoisotopic (exact) mass is 325 g/mol. The molecule has 0 saturated carbocycles. The zero-order valence-electron chi connectivity index (χ0n) is 11.9. The number of imidazole rings is 1. The Balaban J connectivity index is 2.83. The van der Waals surface area contributed by atoms with Gasteiger partial charge in [-0.2, -0.15) is 24.9 Å². The summed E-state index contributed by atoms with van der Waals surface area (Å²) in [6.07, 6.45) is -1.36. The van der Waals surface area contributed by atoms with Crippen LogP contribution in [0.4, 0.5) is 13.2 Å². The normalized spacial score (nSPS) is 16.3. The number of hydrogen-bond acceptors (Lipinski definition) is 4. The molecule has 0 bridgehead atoms. The summed E-state index contributed by atoms with van der Waals surface area (Å²) in [4.78, 5) is 15.1. The van der Waals surface area contributed by atoms with Crippen LogP contribution in [0.1, 0.15) is 19.2 Å². The largest absolute Gasteiger partial charge is 0.424 e. The van der Waals surface area contributed by atoms with Crippen molar-refractivity contribution in [3.05, 3.63) is 18.2 Å². The number of aromatic nitrogens is 2. The standard InChI is InChI=1S/C12H18F3N3O2S/c1-8(21-3)9(19)16-5-4-11(20,12(13,14)15)10-17-6-7-18(10)2/h6-8,20H,4-5H2,1-3H3,(H,16,19). The molecule has 1 heterocycles. The van der Waals surface area contributed by atoms with Crippen molar-refractivity contribution in [3.63, 3.8) is 0 Å². The van der Waals surface area contributed by atoms with Gasteiger partial charge in [0, 0.05) is 32.4 Å². The Labute approximate surface area is 124 Å². The lowest BCUT2D eigenvalue weighted by atomic mass is 9.97. The maximum Gasteiger partial charge on any atom is 0.424 e. The van der Waals surface area contributed by atoms with Crippen LogP contribution < -0.4 is 5.32 Å². The lowest BCUT2D eigenvalue weighted by Gasteiger charge is -2.30. The van der Waals surface area contributed by atoms with Crippen molar-refractivity contribution in [2.45, 2.75) is 30.4 Å². The van der Waals surface area contributed by atoms with Gasteiger partial charge in [0.05, 0.1) is 5.25 Å². The minimum absolute atomic E-state index is 0.299. The Morgan fingerprint density at radius 3 is 2.62 bits per heavy atom. The first-order chi connectivity index (χ1) is 9.63. The van der Waals surface area contributed by atoms with E-state index in [1.54, 1.807) is 13.2 Å². The summed E-state index contributed by atoms with van der Waals surface area (Å²) in [5.74, 6) is -0.867. The number of halogens is 3. The molecular formula is C12H18F3N3O2S. The Hall–Kier alpha value is -1.22. The molecule has 2 atom stereocenters. The van der Waals surface area contributed by atoms with Crippen molar-refractivity contribution in [1.82, 2.24) is 14.9 Å². The average molecular weight is 325 g/mol. The zero-order valence-corrected chi connectivity index (χ0v) is 12.8. The lowest BCUT2D eigenvalue weighted by Crippen LogP contribution is -2.47. The van der Waals surface area contributed by atoms with Gasteiger partial charge in [-0.15, -0.1) is 0 Å². The fourth-order valence-electron chi connectivity index (χ4n) is 1.76. The van der Waals surface area contributed by atoms with Gasteiger partial charge in [0.15, 0.2) is 0 Å². The summed E-state index contributed by atoms with van der Waals surface area (Å²) in [6.45, 7) is 1.35. The number of carbonyl (C=O) groups is 1. The fourth-order valence-corrected chi connectivity index (χ4v) is 2.06. The van der Waals surface area contributed by atoms with E-state index in [1.165, 1.54) is 31.2 Å². The second-order valence-electron chi connectivity index (χ2n) is 4.64. The van der Waals surface area contributed by atoms with Crippen LogP contribution in [0, 0.1) is 0 Å². The molecule has 1 aromatic heterocycles. The van der Waals surface area contributed by atoms with Gasteiger partial charge >= 0.3 is 6.18 Å². The Kier molecular flexibility index (Phi) is 5.68. The molecule has 21 heavy (non-hydrogen) atoms. The number of rotatable bonds is 6. The molecule has 0 spiro atoms. The van der Waals surface area contributed by atoms with Gasteiger partial charge in [-0.05, 0) is 13.2 Å². The highest BCUT2D eigenvalue weighted by atomic mass is 32.2. The maximum absolute atomic E-state index is 13.2. The van der Waals surface area contributed by atoms with Crippen LogP contribution >= 0.6 is 11.8 Å². The van der Waals surface area contributed by atoms with E-state index in [2.05, 4.69) is 10.3 Å². The van der Waals surface area contributed by atoms with Crippen LogP contribution in [0.5, 0.6) is 0 Å². The van der Waals surface area contributed by atoms with E-state index in [1.807, 2.05) is 0 Å². The quantitative estimate of drug-likeness (QED) is 0.830. The molecule has 0 aliphatic carbocycles. The molecule has 5 nitrogen and oxygen atoms in total. The number of alkyl halides is 3. The summed E-state index contributed by atoms with van der Waals surface area (Å²) in [6, 6.07) is 0. The van der Waals surface area contributed by atoms with Crippen molar-refractivity contribution in [1.29, 1.82) is 0 Å². The summed E-state index contributed by atoms with van der Waals surface area (Å²) < 4.78 is 40.6. The first kappa shape index (κ1) is 17.8. The third kappa shape index (κ3) is 3.91. The van der Waals surface area contributed by atoms with Gasteiger partial charge in [0.1, 0.15) is 5.82 Å². The van der Waals surface area contributed by atoms with Crippen molar-refractivity contribution in [2.24, 2.45) is 7.05 Å². The lowest BCUT2D eigenvalue weighted by molar-refractivity contribution is -0.272. The van der Waals surface area contributed by atoms with E-state index in [4.69, 9.17) is 0 Å². The molecule has 1 rings (SSSR count). The molecule has 1 amide bonds. The number of amides is 1. The molecule has 0 aromatic carbocycles. The number of carbonyl (C=O) groups excluding carboxylic acids is 1. The third-order valence-corrected chi connectivity index (χ3v) is 4.09. The van der Waals surface area contributed by atoms with Crippen molar-refractivity contribution >= 4 is 17.7 Å². The van der Waals surface area contributed by atoms with E-state index in [0.29, 0.717) is 0 Å². The summed E-state index contributed by atoms with van der Waals surface area (Å²) in [5.41, 5.74) is -3.10. The topological polar surface area (TPSA) is 67.2 Å². The predicted octanol–water partition coefficient (Wildman–Crippen LogP) is 1.43. The summed E-state index contributed by atoms with van der Waals surface area (Å²) in [7, 11) is 1.37. The van der Waals surface area contributed by atoms with E-state index >= 15 is 0 Å². The number of thioether (sulfide) groups is 1. The molecule has 2 N–H and O–H groups in total. The second kappa shape index (κ2) is 6.69. The number of aliphatic hydroxyl groups is 1. The summed E-state index contributed by atoms with van der Waals surface area (Å²) in [5, 5.41) is 12.1. The second-order valence-corrected chi connectivity index (χ2v) is 5.82. The number of hydrogen-bond donors (Lipinski definition) is 2. The van der Waals surface area contributed by atoms with Gasteiger partial charge < -0.3 is 15.0 Å². The Morgan fingerprint density at radius 1 is 1.57 bits per heavy atom. The molecule has 0 aliphatic rings. The smallest absolute Gasteiger partial charge is 0.374 e. The molecule has 1 aromatic rings. The SMILES string of the molecule is CSC(C)C(=O)NCCC(O)(c1nccn1C)C(F)(F)F. The zero-order chi connectivity index (χ0) is 16.3. The minimum atomic E-state index is -4.89. The van der Waals surface area contributed by atoms with E-state index in [0.717, 1.165) is 4.57 Å². The van der Waals surface area contributed by atoms with Crippen LogP contribution in [0.2, 0.25) is 0 Å². The molecular weight excluding hydrogens is 307 g/mol. The van der Waals surface area contributed by atoms with E-state index in [-0.39, 0.29) is 17.7 Å². The molecule has 0 radical (unpaired) electrons. The first-order valence-corrected chi connectivity index (χ1v) is 7.49. The molecule has 0 saturated heterocycles. The van der Waals surface area contributed by atoms with Crippen molar-refractivity contribution in [3.8, 4) is 0 Å². The van der Waals surface area contributed by atoms with Gasteiger partial charge in [0.2, 0.25) is 11.5 Å². The summed E-state index contributed by atoms with van der Waals surface area (Å²) >= 11 is 1.28. The van der Waals surface area contributed by atoms with Gasteiger partial charge in [-0.25, -0.2) is 4.98 Å². The fraction of sp³-hybridized carbons (Fsp3) is 0.667. The highest BCUT2D eigenvalue weighted by Crippen LogP contribution is 2.40. The van der Waals surface area contributed by atoms with E-state index < -0.39 is 24.0 Å². The molecule has 120 valence electrons. The van der Waals surface area contributed by atoms with Gasteiger partial charge in [0.25, 0.3) is 0 Å². The number of nitrogens with one attached hydrogen (secondary N) is 1. The Bertz CT molecular complexity index is 492. The Morgan fingerprint density at radius 2 is 2.19 bits per heavy atom. The van der Waals surface area contributed by atoms with Crippen LogP contribution in [-0.2, 0) is 17.4 Å². The number of aryl methyl sites for hydroxylation is 1. The molecule has 0 aliphatic heterocycles. The molecule has 0 fully saturated rings. The predicted molar refractivity (Wildman–Crippen MR) is 73.8 cm³/mol. The average Bonchev–Trinajstić information content (AvgIpc) is 2.82. The highest BCUT2D eigenvalue weighted by Gasteiger charge is 2.57. The van der Waals surface area contributed by atoms with Crippen LogP contribution in [0.15, 0.2) is 12.4 Å². The van der Waals surface area contributed by atoms with Crippen molar-refractivity contribution < 1.29 is 23.1 Å². The minimum Gasteiger partial charge on any atom is -0.374 e. The highest BCUT2D eigenvalue weighted by molar-refractivity contribution is 7.99. The number of nitrogens with zero attached hydrogens (tertiary/aromatic N) is 2. The van der Waals surface area contributed by atoms with Crippen molar-refractivity contribution in [2.75, 3.05) is 12.8 Å². The molecule has 9 heteroatoms. The van der Waals surface area contributed by atoms with Crippen LogP contribution in [0.3, 0.4) is 0 Å². The van der Waals surface area contributed by atoms with Gasteiger partial charge in [-0.1, -0.05) is 0 Å². The third-order valence-electron chi connectivity index (χ3n) is 3.17. The first-order valence-electron chi connectivity index (χ1n) is 6.21. The van der Waals surface area contributed by atoms with Crippen LogP contribution in [-0.4, -0.2) is 44.8 Å². The van der Waals surface area contributed by atoms with Gasteiger partial charge in [-0.3, -0.25) is 4.79 Å². The molecule has 2 unspecified atom stereocenters. The van der Waals surface area contributed by atoms with Crippen LogP contribution in [0.25, 0.3) is 0 Å².